The number of carbonyl (C=O) groups excluding carboxylic acids is 1. The van der Waals surface area contributed by atoms with Crippen LogP contribution in [0.3, 0.4) is 0 Å². The summed E-state index contributed by atoms with van der Waals surface area (Å²) in [4.78, 5) is 24.3. The molecule has 1 aromatic heterocycles. The van der Waals surface area contributed by atoms with E-state index in [2.05, 4.69) is 5.32 Å². The Morgan fingerprint density at radius 2 is 2.07 bits per heavy atom. The summed E-state index contributed by atoms with van der Waals surface area (Å²) in [5.74, 6) is 0.235. The molecular formula is C19H21NO6S. The van der Waals surface area contributed by atoms with Gasteiger partial charge in [-0.1, -0.05) is 0 Å². The van der Waals surface area contributed by atoms with E-state index in [1.54, 1.807) is 6.07 Å². The molecule has 2 aliphatic rings. The summed E-state index contributed by atoms with van der Waals surface area (Å²) >= 11 is 0. The number of hydrogen-bond donors (Lipinski definition) is 1. The van der Waals surface area contributed by atoms with Crippen molar-refractivity contribution < 1.29 is 22.4 Å². The molecule has 144 valence electrons. The van der Waals surface area contributed by atoms with Crippen LogP contribution in [0.2, 0.25) is 0 Å². The van der Waals surface area contributed by atoms with E-state index in [1.807, 2.05) is 13.0 Å². The fourth-order valence-electron chi connectivity index (χ4n) is 3.94. The molecule has 2 aromatic rings. The lowest BCUT2D eigenvalue weighted by Crippen LogP contribution is -2.38. The van der Waals surface area contributed by atoms with E-state index in [0.29, 0.717) is 29.7 Å². The molecule has 27 heavy (non-hydrogen) atoms. The number of amides is 1. The number of hydrogen-bond acceptors (Lipinski definition) is 6. The first-order chi connectivity index (χ1) is 12.8. The van der Waals surface area contributed by atoms with Crippen LogP contribution in [0.25, 0.3) is 11.0 Å². The standard InChI is InChI=1S/C19H21NO6S/c1-11-7-15(25-9-17(21)20-12-5-6-27(23,24)10-12)18-13-3-2-4-14(13)19(22)26-16(18)8-11/h7-8,12H,2-6,9-10H2,1H3,(H,20,21)/t12-/m0/s1. The molecule has 7 nitrogen and oxygen atoms in total. The molecule has 0 bridgehead atoms. The first-order valence-corrected chi connectivity index (χ1v) is 10.9. The second kappa shape index (κ2) is 6.67. The van der Waals surface area contributed by atoms with Gasteiger partial charge < -0.3 is 14.5 Å². The largest absolute Gasteiger partial charge is 0.483 e. The third-order valence-electron chi connectivity index (χ3n) is 5.14. The van der Waals surface area contributed by atoms with Crippen molar-refractivity contribution in [2.45, 2.75) is 38.6 Å². The molecule has 8 heteroatoms. The molecule has 1 aromatic carbocycles. The van der Waals surface area contributed by atoms with Crippen molar-refractivity contribution >= 4 is 26.7 Å². The van der Waals surface area contributed by atoms with E-state index >= 15 is 0 Å². The second-order valence-electron chi connectivity index (χ2n) is 7.29. The number of fused-ring (bicyclic) bond motifs is 3. The van der Waals surface area contributed by atoms with E-state index in [9.17, 15) is 18.0 Å². The first kappa shape index (κ1) is 18.0. The van der Waals surface area contributed by atoms with Crippen LogP contribution in [0.15, 0.2) is 21.3 Å². The second-order valence-corrected chi connectivity index (χ2v) is 9.52. The molecular weight excluding hydrogens is 370 g/mol. The Balaban J connectivity index is 1.56. The van der Waals surface area contributed by atoms with Crippen LogP contribution in [0, 0.1) is 6.92 Å². The summed E-state index contributed by atoms with van der Waals surface area (Å²) in [7, 11) is -3.05. The summed E-state index contributed by atoms with van der Waals surface area (Å²) in [6, 6.07) is 3.27. The van der Waals surface area contributed by atoms with E-state index in [-0.39, 0.29) is 35.7 Å². The molecule has 0 radical (unpaired) electrons. The topological polar surface area (TPSA) is 103 Å². The van der Waals surface area contributed by atoms with Crippen LogP contribution in [0.5, 0.6) is 5.75 Å². The molecule has 1 atom stereocenters. The number of nitrogens with one attached hydrogen (secondary N) is 1. The van der Waals surface area contributed by atoms with Gasteiger partial charge >= 0.3 is 5.63 Å². The number of sulfone groups is 1. The average molecular weight is 391 g/mol. The number of aryl methyl sites for hydroxylation is 2. The van der Waals surface area contributed by atoms with Crippen molar-refractivity contribution in [1.82, 2.24) is 5.32 Å². The van der Waals surface area contributed by atoms with Crippen molar-refractivity contribution in [3.05, 3.63) is 39.2 Å². The molecule has 1 amide bonds. The first-order valence-electron chi connectivity index (χ1n) is 9.04. The van der Waals surface area contributed by atoms with Crippen LogP contribution in [0.4, 0.5) is 0 Å². The van der Waals surface area contributed by atoms with E-state index in [4.69, 9.17) is 9.15 Å². The van der Waals surface area contributed by atoms with E-state index < -0.39 is 9.84 Å². The zero-order valence-electron chi connectivity index (χ0n) is 15.0. The van der Waals surface area contributed by atoms with E-state index in [0.717, 1.165) is 29.4 Å². The van der Waals surface area contributed by atoms with Gasteiger partial charge in [0.05, 0.1) is 16.9 Å². The van der Waals surface area contributed by atoms with Crippen molar-refractivity contribution in [3.8, 4) is 5.75 Å². The summed E-state index contributed by atoms with van der Waals surface area (Å²) in [6.07, 6.45) is 2.80. The molecule has 0 unspecified atom stereocenters. The van der Waals surface area contributed by atoms with Gasteiger partial charge in [0, 0.05) is 11.6 Å². The van der Waals surface area contributed by atoms with Gasteiger partial charge in [0.1, 0.15) is 11.3 Å². The quantitative estimate of drug-likeness (QED) is 0.788. The summed E-state index contributed by atoms with van der Waals surface area (Å²) < 4.78 is 34.2. The minimum atomic E-state index is -3.05. The maximum atomic E-state index is 12.2. The molecule has 1 aliphatic carbocycles. The Hall–Kier alpha value is -2.35. The normalized spacial score (nSPS) is 20.6. The summed E-state index contributed by atoms with van der Waals surface area (Å²) in [5.41, 5.74) is 2.67. The molecule has 2 heterocycles. The highest BCUT2D eigenvalue weighted by Crippen LogP contribution is 2.35. The summed E-state index contributed by atoms with van der Waals surface area (Å²) in [5, 5.41) is 3.47. The fourth-order valence-corrected chi connectivity index (χ4v) is 5.61. The van der Waals surface area contributed by atoms with Crippen molar-refractivity contribution in [2.75, 3.05) is 18.1 Å². The Labute approximate surface area is 156 Å². The van der Waals surface area contributed by atoms with Crippen LogP contribution < -0.4 is 15.7 Å². The SMILES string of the molecule is Cc1cc(OCC(=O)N[C@H]2CCS(=O)(=O)C2)c2c3c(c(=O)oc2c1)CCC3. The molecule has 1 fully saturated rings. The molecule has 1 saturated heterocycles. The highest BCUT2D eigenvalue weighted by Gasteiger charge is 2.29. The smallest absolute Gasteiger partial charge is 0.339 e. The van der Waals surface area contributed by atoms with Crippen molar-refractivity contribution in [1.29, 1.82) is 0 Å². The molecule has 0 saturated carbocycles. The van der Waals surface area contributed by atoms with E-state index in [1.165, 1.54) is 0 Å². The predicted octanol–water partition coefficient (Wildman–Crippen LogP) is 1.27. The van der Waals surface area contributed by atoms with Gasteiger partial charge in [-0.3, -0.25) is 4.79 Å². The van der Waals surface area contributed by atoms with Crippen LogP contribution in [-0.4, -0.2) is 38.5 Å². The zero-order chi connectivity index (χ0) is 19.2. The minimum Gasteiger partial charge on any atom is -0.483 e. The highest BCUT2D eigenvalue weighted by molar-refractivity contribution is 7.91. The fraction of sp³-hybridized carbons (Fsp3) is 0.474. The number of ether oxygens (including phenoxy) is 1. The van der Waals surface area contributed by atoms with Crippen LogP contribution in [0.1, 0.15) is 29.5 Å². The molecule has 0 spiro atoms. The van der Waals surface area contributed by atoms with Crippen molar-refractivity contribution in [3.63, 3.8) is 0 Å². The maximum Gasteiger partial charge on any atom is 0.339 e. The Kier molecular flexibility index (Phi) is 4.46. The summed E-state index contributed by atoms with van der Waals surface area (Å²) in [6.45, 7) is 1.64. The lowest BCUT2D eigenvalue weighted by atomic mass is 10.0. The van der Waals surface area contributed by atoms with Crippen molar-refractivity contribution in [2.24, 2.45) is 0 Å². The Morgan fingerprint density at radius 1 is 1.30 bits per heavy atom. The number of benzene rings is 1. The number of carbonyl (C=O) groups is 1. The minimum absolute atomic E-state index is 0.0230. The molecule has 4 rings (SSSR count). The van der Waals surface area contributed by atoms with Crippen LogP contribution >= 0.6 is 0 Å². The molecule has 1 aliphatic heterocycles. The maximum absolute atomic E-state index is 12.2. The van der Waals surface area contributed by atoms with Gasteiger partial charge in [0.15, 0.2) is 16.4 Å². The van der Waals surface area contributed by atoms with Gasteiger partial charge in [0.2, 0.25) is 0 Å². The lowest BCUT2D eigenvalue weighted by molar-refractivity contribution is -0.123. The Bertz CT molecular complexity index is 1090. The predicted molar refractivity (Wildman–Crippen MR) is 99.9 cm³/mol. The van der Waals surface area contributed by atoms with Gasteiger partial charge in [-0.05, 0) is 55.9 Å². The highest BCUT2D eigenvalue weighted by atomic mass is 32.2. The lowest BCUT2D eigenvalue weighted by Gasteiger charge is -2.14. The zero-order valence-corrected chi connectivity index (χ0v) is 15.9. The number of rotatable bonds is 4. The monoisotopic (exact) mass is 391 g/mol. The van der Waals surface area contributed by atoms with Gasteiger partial charge in [-0.2, -0.15) is 0 Å². The Morgan fingerprint density at radius 3 is 2.81 bits per heavy atom. The average Bonchev–Trinajstić information content (AvgIpc) is 3.19. The third kappa shape index (κ3) is 3.58. The van der Waals surface area contributed by atoms with Gasteiger partial charge in [-0.25, -0.2) is 13.2 Å². The van der Waals surface area contributed by atoms with Crippen LogP contribution in [-0.2, 0) is 27.5 Å². The van der Waals surface area contributed by atoms with Gasteiger partial charge in [-0.15, -0.1) is 0 Å². The van der Waals surface area contributed by atoms with Gasteiger partial charge in [0.25, 0.3) is 5.91 Å². The molecule has 1 N–H and O–H groups in total. The third-order valence-corrected chi connectivity index (χ3v) is 6.90.